The number of hydrogen-bond donors (Lipinski definition) is 1. The van der Waals surface area contributed by atoms with E-state index in [0.717, 1.165) is 25.7 Å². The molecule has 1 atom stereocenters. The van der Waals surface area contributed by atoms with Crippen molar-refractivity contribution in [3.63, 3.8) is 0 Å². The Morgan fingerprint density at radius 2 is 1.88 bits per heavy atom. The third-order valence-corrected chi connectivity index (χ3v) is 4.75. The first-order valence-corrected chi connectivity index (χ1v) is 10.3. The van der Waals surface area contributed by atoms with Crippen LogP contribution < -0.4 is 3.64 Å². The summed E-state index contributed by atoms with van der Waals surface area (Å²) in [6.07, 6.45) is 16.1. The molecule has 1 heterocycles. The first kappa shape index (κ1) is 21.4. The molecule has 1 saturated heterocycles. The van der Waals surface area contributed by atoms with Crippen LogP contribution in [0.25, 0.3) is 0 Å². The van der Waals surface area contributed by atoms with Gasteiger partial charge in [-0.05, 0) is 32.1 Å². The Hall–Kier alpha value is -0.630. The van der Waals surface area contributed by atoms with Gasteiger partial charge in [-0.3, -0.25) is 9.80 Å². The Bertz CT molecular complexity index is 402. The molecule has 1 aliphatic rings. The number of amides is 1. The minimum Gasteiger partial charge on any atom is -0.464 e. The summed E-state index contributed by atoms with van der Waals surface area (Å²) >= 11 is 1.90. The van der Waals surface area contributed by atoms with Crippen molar-refractivity contribution in [3.8, 4) is 0 Å². The third-order valence-electron chi connectivity index (χ3n) is 4.23. The Labute approximate surface area is 160 Å². The molecule has 24 heavy (non-hydrogen) atoms. The molecule has 0 spiro atoms. The number of nitrogens with one attached hydrogen (secondary N) is 1. The number of unbranched alkanes of at least 4 members (excludes halogenated alkanes) is 7. The van der Waals surface area contributed by atoms with Crippen molar-refractivity contribution < 1.29 is 14.3 Å². The molecule has 0 radical (unpaired) electrons. The topological polar surface area (TPSA) is 58.6 Å². The van der Waals surface area contributed by atoms with Gasteiger partial charge in [-0.25, -0.2) is 4.79 Å². The lowest BCUT2D eigenvalue weighted by atomic mass is 10.1. The molecule has 1 unspecified atom stereocenters. The van der Waals surface area contributed by atoms with Crippen molar-refractivity contribution in [2.75, 3.05) is 6.61 Å². The summed E-state index contributed by atoms with van der Waals surface area (Å²) in [5.41, 5.74) is 0. The summed E-state index contributed by atoms with van der Waals surface area (Å²) in [7, 11) is 0. The van der Waals surface area contributed by atoms with E-state index in [1.165, 1.54) is 37.1 Å². The Kier molecular flexibility index (Phi) is 12.2. The van der Waals surface area contributed by atoms with Crippen LogP contribution in [0.3, 0.4) is 0 Å². The van der Waals surface area contributed by atoms with Crippen LogP contribution in [0.5, 0.6) is 0 Å². The first-order chi connectivity index (χ1) is 11.7. The molecule has 0 aliphatic carbocycles. The summed E-state index contributed by atoms with van der Waals surface area (Å²) in [6.45, 7) is 2.63. The van der Waals surface area contributed by atoms with Crippen LogP contribution in [0.15, 0.2) is 12.2 Å². The van der Waals surface area contributed by atoms with Gasteiger partial charge in [0.25, 0.3) is 0 Å². The van der Waals surface area contributed by atoms with Gasteiger partial charge in [-0.15, -0.1) is 0 Å². The van der Waals surface area contributed by atoms with E-state index in [0.29, 0.717) is 19.4 Å². The summed E-state index contributed by atoms with van der Waals surface area (Å²) < 4.78 is 7.73. The molecule has 0 aromatic heterocycles. The summed E-state index contributed by atoms with van der Waals surface area (Å²) in [4.78, 5) is 23.8. The number of rotatable bonds is 13. The first-order valence-electron chi connectivity index (χ1n) is 9.20. The summed E-state index contributed by atoms with van der Waals surface area (Å²) in [6, 6.07) is -0.468. The number of nitrogens with zero attached hydrogens (tertiary/aromatic N) is 1. The van der Waals surface area contributed by atoms with Crippen LogP contribution in [0.1, 0.15) is 77.6 Å². The highest BCUT2D eigenvalue weighted by Crippen LogP contribution is 2.15. The minimum atomic E-state index is -0.468. The molecule has 1 rings (SSSR count). The Balaban J connectivity index is 2.06. The van der Waals surface area contributed by atoms with Gasteiger partial charge >= 0.3 is 5.97 Å². The number of esters is 1. The zero-order valence-electron chi connectivity index (χ0n) is 14.8. The fraction of sp³-hybridized carbons (Fsp3) is 0.778. The van der Waals surface area contributed by atoms with Crippen LogP contribution in [-0.2, 0) is 14.3 Å². The minimum absolute atomic E-state index is 0.0280. The molecule has 0 aromatic carbocycles. The average Bonchev–Trinajstić information content (AvgIpc) is 2.99. The zero-order valence-corrected chi connectivity index (χ0v) is 16.9. The van der Waals surface area contributed by atoms with Gasteiger partial charge in [0.2, 0.25) is 5.91 Å². The second-order valence-corrected chi connectivity index (χ2v) is 6.72. The fourth-order valence-corrected chi connectivity index (χ4v) is 3.37. The molecule has 1 N–H and O–H groups in total. The standard InChI is InChI=1S/C18H31IN2O3/c1-2-3-4-5-6-7-8-9-10-11-12-13-17(22)21(20-19)16-14-15-24-18(16)23/h7-8,16,20H,2-6,9-15H2,1H3/b8-7-. The van der Waals surface area contributed by atoms with Gasteiger partial charge in [-0.2, -0.15) is 3.64 Å². The lowest BCUT2D eigenvalue weighted by Crippen LogP contribution is -2.47. The van der Waals surface area contributed by atoms with Crippen LogP contribution in [0, 0.1) is 0 Å². The molecule has 0 aromatic rings. The highest BCUT2D eigenvalue weighted by Gasteiger charge is 2.34. The number of hydrogen-bond acceptors (Lipinski definition) is 4. The fourth-order valence-electron chi connectivity index (χ4n) is 2.76. The van der Waals surface area contributed by atoms with E-state index in [1.54, 1.807) is 0 Å². The predicted octanol–water partition coefficient (Wildman–Crippen LogP) is 4.46. The molecular weight excluding hydrogens is 419 g/mol. The molecule has 6 heteroatoms. The quantitative estimate of drug-likeness (QED) is 0.112. The van der Waals surface area contributed by atoms with E-state index in [2.05, 4.69) is 22.7 Å². The van der Waals surface area contributed by atoms with Crippen LogP contribution in [0.4, 0.5) is 0 Å². The molecule has 138 valence electrons. The SMILES string of the molecule is CCCCCC/C=C\CCCCCC(=O)N(NI)C1CCOC1=O. The normalized spacial score (nSPS) is 17.4. The largest absolute Gasteiger partial charge is 0.464 e. The van der Waals surface area contributed by atoms with Gasteiger partial charge in [0.05, 0.1) is 6.61 Å². The van der Waals surface area contributed by atoms with Gasteiger partial charge in [0, 0.05) is 35.7 Å². The zero-order chi connectivity index (χ0) is 17.6. The van der Waals surface area contributed by atoms with Crippen molar-refractivity contribution in [2.24, 2.45) is 0 Å². The van der Waals surface area contributed by atoms with Crippen LogP contribution in [-0.4, -0.2) is 29.5 Å². The van der Waals surface area contributed by atoms with Gasteiger partial charge < -0.3 is 4.74 Å². The Morgan fingerprint density at radius 1 is 1.21 bits per heavy atom. The number of carbonyl (C=O) groups excluding carboxylic acids is 2. The predicted molar refractivity (Wildman–Crippen MR) is 104 cm³/mol. The van der Waals surface area contributed by atoms with Gasteiger partial charge in [0.1, 0.15) is 6.04 Å². The van der Waals surface area contributed by atoms with E-state index in [9.17, 15) is 9.59 Å². The van der Waals surface area contributed by atoms with Crippen molar-refractivity contribution in [1.29, 1.82) is 0 Å². The Morgan fingerprint density at radius 3 is 2.42 bits per heavy atom. The molecular formula is C18H31IN2O3. The molecule has 1 aliphatic heterocycles. The molecule has 5 nitrogen and oxygen atoms in total. The highest BCUT2D eigenvalue weighted by atomic mass is 127. The number of hydrazine groups is 1. The second-order valence-electron chi connectivity index (χ2n) is 6.24. The van der Waals surface area contributed by atoms with E-state index in [-0.39, 0.29) is 11.9 Å². The van der Waals surface area contributed by atoms with Crippen molar-refractivity contribution in [2.45, 2.75) is 83.6 Å². The van der Waals surface area contributed by atoms with Crippen molar-refractivity contribution >= 4 is 34.7 Å². The van der Waals surface area contributed by atoms with Gasteiger partial charge in [0.15, 0.2) is 0 Å². The van der Waals surface area contributed by atoms with E-state index in [4.69, 9.17) is 4.74 Å². The van der Waals surface area contributed by atoms with E-state index < -0.39 is 6.04 Å². The van der Waals surface area contributed by atoms with Gasteiger partial charge in [-0.1, -0.05) is 44.8 Å². The maximum atomic E-state index is 12.2. The molecule has 1 amide bonds. The number of ether oxygens (including phenoxy) is 1. The third kappa shape index (κ3) is 8.46. The highest BCUT2D eigenvalue weighted by molar-refractivity contribution is 14.1. The molecule has 0 saturated carbocycles. The number of halogens is 1. The van der Waals surface area contributed by atoms with Crippen LogP contribution in [0.2, 0.25) is 0 Å². The van der Waals surface area contributed by atoms with E-state index >= 15 is 0 Å². The summed E-state index contributed by atoms with van der Waals surface area (Å²) in [5, 5.41) is 1.42. The van der Waals surface area contributed by atoms with Crippen LogP contribution >= 0.6 is 22.9 Å². The number of cyclic esters (lactones) is 1. The lowest BCUT2D eigenvalue weighted by Gasteiger charge is -2.23. The lowest BCUT2D eigenvalue weighted by molar-refractivity contribution is -0.149. The maximum Gasteiger partial charge on any atom is 0.330 e. The average molecular weight is 450 g/mol. The monoisotopic (exact) mass is 450 g/mol. The van der Waals surface area contributed by atoms with Crippen molar-refractivity contribution in [1.82, 2.24) is 8.65 Å². The summed E-state index contributed by atoms with van der Waals surface area (Å²) in [5.74, 6) is -0.337. The number of carbonyl (C=O) groups is 2. The smallest absolute Gasteiger partial charge is 0.330 e. The molecule has 0 bridgehead atoms. The second kappa shape index (κ2) is 13.6. The van der Waals surface area contributed by atoms with Crippen molar-refractivity contribution in [3.05, 3.63) is 12.2 Å². The maximum absolute atomic E-state index is 12.2. The number of allylic oxidation sites excluding steroid dienone is 2. The molecule has 1 fully saturated rings. The van der Waals surface area contributed by atoms with E-state index in [1.807, 2.05) is 22.9 Å².